The van der Waals surface area contributed by atoms with Gasteiger partial charge in [-0.25, -0.2) is 0 Å². The molecule has 2 rings (SSSR count). The highest BCUT2D eigenvalue weighted by Gasteiger charge is 2.45. The molecule has 5 atom stereocenters. The summed E-state index contributed by atoms with van der Waals surface area (Å²) in [4.78, 5) is 11.6. The Morgan fingerprint density at radius 1 is 1.05 bits per heavy atom. The van der Waals surface area contributed by atoms with Gasteiger partial charge in [-0.2, -0.15) is 0 Å². The predicted octanol–water partition coefficient (Wildman–Crippen LogP) is 3.82. The molecule has 0 radical (unpaired) electrons. The molecule has 0 bridgehead atoms. The van der Waals surface area contributed by atoms with Gasteiger partial charge in [-0.05, 0) is 54.8 Å². The second kappa shape index (κ2) is 5.55. The fourth-order valence-corrected chi connectivity index (χ4v) is 5.06. The van der Waals surface area contributed by atoms with Crippen molar-refractivity contribution in [2.75, 3.05) is 0 Å². The minimum atomic E-state index is -0.0904. The molecule has 0 aromatic carbocycles. The molecular weight excluding hydrogens is 236 g/mol. The summed E-state index contributed by atoms with van der Waals surface area (Å²) in [6, 6.07) is 0. The predicted molar refractivity (Wildman–Crippen MR) is 77.8 cm³/mol. The summed E-state index contributed by atoms with van der Waals surface area (Å²) in [6.07, 6.45) is 5.59. The van der Waals surface area contributed by atoms with Crippen molar-refractivity contribution in [1.29, 1.82) is 0 Å². The van der Waals surface area contributed by atoms with Gasteiger partial charge in [-0.3, -0.25) is 4.79 Å². The molecule has 0 amide bonds. The van der Waals surface area contributed by atoms with Gasteiger partial charge in [0.1, 0.15) is 5.78 Å². The molecule has 0 aromatic rings. The van der Waals surface area contributed by atoms with Crippen molar-refractivity contribution in [3.63, 3.8) is 0 Å². The van der Waals surface area contributed by atoms with Crippen LogP contribution in [0.2, 0.25) is 0 Å². The van der Waals surface area contributed by atoms with E-state index in [-0.39, 0.29) is 6.10 Å². The lowest BCUT2D eigenvalue weighted by atomic mass is 9.55. The normalized spacial score (nSPS) is 41.3. The Morgan fingerprint density at radius 3 is 2.26 bits per heavy atom. The minimum Gasteiger partial charge on any atom is -0.393 e. The number of hydrogen-bond donors (Lipinski definition) is 1. The fraction of sp³-hybridized carbons (Fsp3) is 0.941. The van der Waals surface area contributed by atoms with Gasteiger partial charge in [0.25, 0.3) is 0 Å². The van der Waals surface area contributed by atoms with Crippen LogP contribution in [0.3, 0.4) is 0 Å². The number of aliphatic hydroxyl groups is 1. The molecular formula is C17H30O2. The van der Waals surface area contributed by atoms with E-state index in [1.54, 1.807) is 0 Å². The Balaban J connectivity index is 2.10. The van der Waals surface area contributed by atoms with Crippen LogP contribution in [0, 0.1) is 29.1 Å². The molecule has 1 N–H and O–H groups in total. The first-order valence-electron chi connectivity index (χ1n) is 8.02. The van der Waals surface area contributed by atoms with E-state index in [2.05, 4.69) is 27.7 Å². The van der Waals surface area contributed by atoms with Crippen LogP contribution < -0.4 is 0 Å². The first kappa shape index (κ1) is 15.0. The molecule has 2 aliphatic rings. The molecule has 0 spiro atoms. The standard InChI is InChI=1S/C17H30O2/c1-11-9-13(18)5-7-15(11)17(3,4)16-8-6-14(19)10-12(16)2/h11-13,15-16,18H,5-10H2,1-4H3. The molecule has 0 heterocycles. The second-order valence-electron chi connectivity index (χ2n) is 7.74. The molecule has 2 nitrogen and oxygen atoms in total. The molecule has 0 aliphatic heterocycles. The van der Waals surface area contributed by atoms with Crippen molar-refractivity contribution in [2.45, 2.75) is 72.3 Å². The van der Waals surface area contributed by atoms with Gasteiger partial charge in [0.2, 0.25) is 0 Å². The minimum absolute atomic E-state index is 0.0904. The third-order valence-electron chi connectivity index (χ3n) is 6.02. The van der Waals surface area contributed by atoms with E-state index >= 15 is 0 Å². The van der Waals surface area contributed by atoms with E-state index in [0.29, 0.717) is 34.9 Å². The van der Waals surface area contributed by atoms with E-state index in [4.69, 9.17) is 0 Å². The summed E-state index contributed by atoms with van der Waals surface area (Å²) >= 11 is 0. The molecule has 0 saturated heterocycles. The van der Waals surface area contributed by atoms with Crippen molar-refractivity contribution in [1.82, 2.24) is 0 Å². The highest BCUT2D eigenvalue weighted by atomic mass is 16.3. The zero-order valence-electron chi connectivity index (χ0n) is 13.0. The highest BCUT2D eigenvalue weighted by Crippen LogP contribution is 2.51. The lowest BCUT2D eigenvalue weighted by Crippen LogP contribution is -2.44. The van der Waals surface area contributed by atoms with E-state index < -0.39 is 0 Å². The monoisotopic (exact) mass is 266 g/mol. The molecule has 5 unspecified atom stereocenters. The zero-order chi connectivity index (χ0) is 14.2. The average molecular weight is 266 g/mol. The number of Topliss-reactive ketones (excluding diaryl/α,β-unsaturated/α-hetero) is 1. The topological polar surface area (TPSA) is 37.3 Å². The molecule has 2 saturated carbocycles. The molecule has 2 aliphatic carbocycles. The van der Waals surface area contributed by atoms with E-state index in [1.165, 1.54) is 0 Å². The van der Waals surface area contributed by atoms with Crippen molar-refractivity contribution < 1.29 is 9.90 Å². The van der Waals surface area contributed by atoms with Gasteiger partial charge in [0, 0.05) is 12.8 Å². The quantitative estimate of drug-likeness (QED) is 0.825. The van der Waals surface area contributed by atoms with Crippen LogP contribution in [-0.2, 0) is 4.79 Å². The Morgan fingerprint density at radius 2 is 1.68 bits per heavy atom. The summed E-state index contributed by atoms with van der Waals surface area (Å²) in [5.41, 5.74) is 0.291. The van der Waals surface area contributed by atoms with Gasteiger partial charge in [-0.1, -0.05) is 27.7 Å². The lowest BCUT2D eigenvalue weighted by molar-refractivity contribution is -0.125. The Labute approximate surface area is 118 Å². The first-order chi connectivity index (χ1) is 8.82. The Bertz CT molecular complexity index is 334. The number of hydrogen-bond acceptors (Lipinski definition) is 2. The average Bonchev–Trinajstić information content (AvgIpc) is 2.27. The maximum Gasteiger partial charge on any atom is 0.133 e. The second-order valence-corrected chi connectivity index (χ2v) is 7.74. The van der Waals surface area contributed by atoms with Gasteiger partial charge >= 0.3 is 0 Å². The van der Waals surface area contributed by atoms with Gasteiger partial charge in [0.05, 0.1) is 6.10 Å². The van der Waals surface area contributed by atoms with Crippen LogP contribution in [0.15, 0.2) is 0 Å². The van der Waals surface area contributed by atoms with Crippen LogP contribution in [0.25, 0.3) is 0 Å². The first-order valence-corrected chi connectivity index (χ1v) is 8.02. The zero-order valence-corrected chi connectivity index (χ0v) is 13.0. The van der Waals surface area contributed by atoms with E-state index in [9.17, 15) is 9.90 Å². The number of carbonyl (C=O) groups is 1. The summed E-state index contributed by atoms with van der Waals surface area (Å²) in [5, 5.41) is 9.82. The van der Waals surface area contributed by atoms with Gasteiger partial charge < -0.3 is 5.11 Å². The summed E-state index contributed by atoms with van der Waals surface area (Å²) in [5.74, 6) is 2.93. The summed E-state index contributed by atoms with van der Waals surface area (Å²) in [6.45, 7) is 9.37. The van der Waals surface area contributed by atoms with Gasteiger partial charge in [-0.15, -0.1) is 0 Å². The maximum absolute atomic E-state index is 11.6. The number of carbonyl (C=O) groups excluding carboxylic acids is 1. The van der Waals surface area contributed by atoms with Crippen LogP contribution in [0.1, 0.15) is 66.2 Å². The number of ketones is 1. The molecule has 0 aromatic heterocycles. The van der Waals surface area contributed by atoms with E-state index in [0.717, 1.165) is 38.5 Å². The largest absolute Gasteiger partial charge is 0.393 e. The Kier molecular flexibility index (Phi) is 4.39. The summed E-state index contributed by atoms with van der Waals surface area (Å²) in [7, 11) is 0. The number of aliphatic hydroxyl groups excluding tert-OH is 1. The number of rotatable bonds is 2. The van der Waals surface area contributed by atoms with Crippen LogP contribution in [0.5, 0.6) is 0 Å². The third kappa shape index (κ3) is 3.04. The van der Waals surface area contributed by atoms with Crippen molar-refractivity contribution in [3.8, 4) is 0 Å². The molecule has 2 heteroatoms. The smallest absolute Gasteiger partial charge is 0.133 e. The van der Waals surface area contributed by atoms with E-state index in [1.807, 2.05) is 0 Å². The summed E-state index contributed by atoms with van der Waals surface area (Å²) < 4.78 is 0. The molecule has 2 fully saturated rings. The Hall–Kier alpha value is -0.370. The SMILES string of the molecule is CC1CC(=O)CCC1C(C)(C)C1CCC(O)CC1C. The molecule has 19 heavy (non-hydrogen) atoms. The maximum atomic E-state index is 11.6. The van der Waals surface area contributed by atoms with Crippen molar-refractivity contribution in [3.05, 3.63) is 0 Å². The van der Waals surface area contributed by atoms with Crippen LogP contribution in [0.4, 0.5) is 0 Å². The fourth-order valence-electron chi connectivity index (χ4n) is 5.06. The third-order valence-corrected chi connectivity index (χ3v) is 6.02. The van der Waals surface area contributed by atoms with Crippen LogP contribution in [-0.4, -0.2) is 17.0 Å². The molecule has 110 valence electrons. The van der Waals surface area contributed by atoms with Crippen molar-refractivity contribution >= 4 is 5.78 Å². The van der Waals surface area contributed by atoms with Gasteiger partial charge in [0.15, 0.2) is 0 Å². The lowest BCUT2D eigenvalue weighted by Gasteiger charge is -2.50. The van der Waals surface area contributed by atoms with Crippen LogP contribution >= 0.6 is 0 Å². The van der Waals surface area contributed by atoms with Crippen molar-refractivity contribution in [2.24, 2.45) is 29.1 Å². The highest BCUT2D eigenvalue weighted by molar-refractivity contribution is 5.79.